The third-order valence-corrected chi connectivity index (χ3v) is 5.60. The average molecular weight is 418 g/mol. The van der Waals surface area contributed by atoms with Crippen molar-refractivity contribution >= 4 is 34.5 Å². The van der Waals surface area contributed by atoms with Gasteiger partial charge in [-0.3, -0.25) is 0 Å². The summed E-state index contributed by atoms with van der Waals surface area (Å²) < 4.78 is 0. The highest BCUT2D eigenvalue weighted by Crippen LogP contribution is 2.20. The highest BCUT2D eigenvalue weighted by atomic mass is 32.1. The van der Waals surface area contributed by atoms with E-state index in [4.69, 9.17) is 12.2 Å². The predicted octanol–water partition coefficient (Wildman–Crippen LogP) is 4.46. The van der Waals surface area contributed by atoms with Gasteiger partial charge in [-0.05, 0) is 49.0 Å². The Labute approximate surface area is 183 Å². The van der Waals surface area contributed by atoms with Crippen LogP contribution in [0.2, 0.25) is 0 Å². The number of hydrogen-bond donors (Lipinski definition) is 2. The molecule has 3 aromatic rings. The molecule has 0 aliphatic carbocycles. The lowest BCUT2D eigenvalue weighted by atomic mass is 10.1. The fourth-order valence-electron chi connectivity index (χ4n) is 3.67. The Bertz CT molecular complexity index is 938. The van der Waals surface area contributed by atoms with Crippen LogP contribution in [0.5, 0.6) is 0 Å². The number of aromatic nitrogens is 1. The fourth-order valence-corrected chi connectivity index (χ4v) is 3.96. The standard InChI is InChI=1S/C24H27N5S/c1-19(20-8-4-2-5-9-20)26-24(30)27-21-12-13-23(25-18-21)29-16-14-28(15-17-29)22-10-6-3-7-11-22/h2-13,18-19H,14-17H2,1H3,(H2,26,27,30)/t19-/m0/s1. The van der Waals surface area contributed by atoms with Crippen LogP contribution in [0, 0.1) is 0 Å². The lowest BCUT2D eigenvalue weighted by molar-refractivity contribution is 0.647. The van der Waals surface area contributed by atoms with Crippen molar-refractivity contribution in [2.24, 2.45) is 0 Å². The van der Waals surface area contributed by atoms with Gasteiger partial charge in [-0.1, -0.05) is 48.5 Å². The zero-order valence-corrected chi connectivity index (χ0v) is 18.0. The van der Waals surface area contributed by atoms with Gasteiger partial charge in [-0.15, -0.1) is 0 Å². The molecular weight excluding hydrogens is 390 g/mol. The number of hydrogen-bond acceptors (Lipinski definition) is 4. The van der Waals surface area contributed by atoms with Crippen molar-refractivity contribution in [1.82, 2.24) is 10.3 Å². The molecule has 1 saturated heterocycles. The first-order valence-electron chi connectivity index (χ1n) is 10.3. The van der Waals surface area contributed by atoms with E-state index in [1.807, 2.05) is 30.5 Å². The number of rotatable bonds is 5. The molecule has 2 N–H and O–H groups in total. The van der Waals surface area contributed by atoms with E-state index in [1.165, 1.54) is 11.3 Å². The third-order valence-electron chi connectivity index (χ3n) is 5.38. The molecule has 0 saturated carbocycles. The Hall–Kier alpha value is -3.12. The number of nitrogens with one attached hydrogen (secondary N) is 2. The van der Waals surface area contributed by atoms with Crippen LogP contribution in [0.4, 0.5) is 17.2 Å². The van der Waals surface area contributed by atoms with E-state index < -0.39 is 0 Å². The third kappa shape index (κ3) is 5.07. The molecule has 154 valence electrons. The lowest BCUT2D eigenvalue weighted by Gasteiger charge is -2.36. The van der Waals surface area contributed by atoms with Crippen LogP contribution in [0.3, 0.4) is 0 Å². The van der Waals surface area contributed by atoms with Gasteiger partial charge in [-0.2, -0.15) is 0 Å². The molecule has 1 aliphatic rings. The van der Waals surface area contributed by atoms with Gasteiger partial charge in [0, 0.05) is 31.9 Å². The van der Waals surface area contributed by atoms with Crippen molar-refractivity contribution in [3.8, 4) is 0 Å². The molecule has 0 amide bonds. The van der Waals surface area contributed by atoms with Crippen LogP contribution in [-0.2, 0) is 0 Å². The van der Waals surface area contributed by atoms with Gasteiger partial charge >= 0.3 is 0 Å². The van der Waals surface area contributed by atoms with E-state index >= 15 is 0 Å². The predicted molar refractivity (Wildman–Crippen MR) is 129 cm³/mol. The Morgan fingerprint density at radius 3 is 2.13 bits per heavy atom. The second-order valence-corrected chi connectivity index (χ2v) is 7.85. The van der Waals surface area contributed by atoms with Crippen LogP contribution < -0.4 is 20.4 Å². The molecule has 1 fully saturated rings. The number of benzene rings is 2. The van der Waals surface area contributed by atoms with Gasteiger partial charge < -0.3 is 20.4 Å². The summed E-state index contributed by atoms with van der Waals surface area (Å²) in [5.41, 5.74) is 3.37. The zero-order chi connectivity index (χ0) is 20.8. The second-order valence-electron chi connectivity index (χ2n) is 7.45. The minimum Gasteiger partial charge on any atom is -0.368 e. The van der Waals surface area contributed by atoms with E-state index in [1.54, 1.807) is 0 Å². The maximum absolute atomic E-state index is 5.46. The molecule has 0 radical (unpaired) electrons. The smallest absolute Gasteiger partial charge is 0.171 e. The second kappa shape index (κ2) is 9.59. The number of anilines is 3. The monoisotopic (exact) mass is 417 g/mol. The van der Waals surface area contributed by atoms with Gasteiger partial charge in [0.2, 0.25) is 0 Å². The number of pyridine rings is 1. The van der Waals surface area contributed by atoms with E-state index in [0.717, 1.165) is 37.7 Å². The van der Waals surface area contributed by atoms with Gasteiger partial charge in [0.15, 0.2) is 5.11 Å². The fraction of sp³-hybridized carbons (Fsp3) is 0.250. The maximum atomic E-state index is 5.46. The van der Waals surface area contributed by atoms with Crippen molar-refractivity contribution in [2.75, 3.05) is 41.3 Å². The van der Waals surface area contributed by atoms with Crippen molar-refractivity contribution < 1.29 is 0 Å². The van der Waals surface area contributed by atoms with Crippen molar-refractivity contribution in [1.29, 1.82) is 0 Å². The summed E-state index contributed by atoms with van der Waals surface area (Å²) in [6, 6.07) is 25.1. The van der Waals surface area contributed by atoms with Crippen molar-refractivity contribution in [3.05, 3.63) is 84.6 Å². The minimum atomic E-state index is 0.138. The average Bonchev–Trinajstić information content (AvgIpc) is 2.81. The van der Waals surface area contributed by atoms with Gasteiger partial charge in [0.05, 0.1) is 17.9 Å². The number of thiocarbonyl (C=S) groups is 1. The van der Waals surface area contributed by atoms with Crippen LogP contribution in [0.15, 0.2) is 79.0 Å². The van der Waals surface area contributed by atoms with Crippen molar-refractivity contribution in [2.45, 2.75) is 13.0 Å². The minimum absolute atomic E-state index is 0.138. The SMILES string of the molecule is C[C@H](NC(=S)Nc1ccc(N2CCN(c3ccccc3)CC2)nc1)c1ccccc1. The summed E-state index contributed by atoms with van der Waals surface area (Å²) in [6.45, 7) is 6.01. The normalized spacial score (nSPS) is 14.8. The quantitative estimate of drug-likeness (QED) is 0.598. The first kappa shape index (κ1) is 20.2. The van der Waals surface area contributed by atoms with Crippen molar-refractivity contribution in [3.63, 3.8) is 0 Å². The number of nitrogens with zero attached hydrogens (tertiary/aromatic N) is 3. The molecule has 2 heterocycles. The Balaban J connectivity index is 1.28. The molecule has 1 aromatic heterocycles. The first-order valence-corrected chi connectivity index (χ1v) is 10.7. The zero-order valence-electron chi connectivity index (χ0n) is 17.2. The van der Waals surface area contributed by atoms with Gasteiger partial charge in [-0.25, -0.2) is 4.98 Å². The maximum Gasteiger partial charge on any atom is 0.171 e. The molecule has 6 heteroatoms. The van der Waals surface area contributed by atoms with Crippen LogP contribution in [-0.4, -0.2) is 36.3 Å². The van der Waals surface area contributed by atoms with Crippen LogP contribution in [0.25, 0.3) is 0 Å². The molecule has 1 aliphatic heterocycles. The lowest BCUT2D eigenvalue weighted by Crippen LogP contribution is -2.46. The van der Waals surface area contributed by atoms with E-state index in [-0.39, 0.29) is 6.04 Å². The molecule has 5 nitrogen and oxygen atoms in total. The van der Waals surface area contributed by atoms with Gasteiger partial charge in [0.1, 0.15) is 5.82 Å². The van der Waals surface area contributed by atoms with Crippen LogP contribution >= 0.6 is 12.2 Å². The summed E-state index contributed by atoms with van der Waals surface area (Å²) >= 11 is 5.46. The molecule has 4 rings (SSSR count). The topological polar surface area (TPSA) is 43.4 Å². The summed E-state index contributed by atoms with van der Waals surface area (Å²) in [7, 11) is 0. The first-order chi connectivity index (χ1) is 14.7. The summed E-state index contributed by atoms with van der Waals surface area (Å²) in [4.78, 5) is 9.40. The molecule has 2 aromatic carbocycles. The highest BCUT2D eigenvalue weighted by Gasteiger charge is 2.18. The summed E-state index contributed by atoms with van der Waals surface area (Å²) in [6.07, 6.45) is 1.85. The van der Waals surface area contributed by atoms with Crippen LogP contribution in [0.1, 0.15) is 18.5 Å². The Morgan fingerprint density at radius 2 is 1.50 bits per heavy atom. The molecule has 0 spiro atoms. The number of piperazine rings is 1. The number of para-hydroxylation sites is 1. The Kier molecular flexibility index (Phi) is 6.44. The summed E-state index contributed by atoms with van der Waals surface area (Å²) in [5.74, 6) is 1.00. The molecule has 0 bridgehead atoms. The molecule has 0 unspecified atom stereocenters. The van der Waals surface area contributed by atoms with E-state index in [0.29, 0.717) is 5.11 Å². The largest absolute Gasteiger partial charge is 0.368 e. The molecule has 30 heavy (non-hydrogen) atoms. The summed E-state index contributed by atoms with van der Waals surface area (Å²) in [5, 5.41) is 7.15. The van der Waals surface area contributed by atoms with E-state index in [2.05, 4.69) is 80.9 Å². The van der Waals surface area contributed by atoms with E-state index in [9.17, 15) is 0 Å². The highest BCUT2D eigenvalue weighted by molar-refractivity contribution is 7.80. The van der Waals surface area contributed by atoms with Gasteiger partial charge in [0.25, 0.3) is 0 Å². The molecule has 1 atom stereocenters. The Morgan fingerprint density at radius 1 is 0.867 bits per heavy atom. The molecular formula is C24H27N5S.